The first-order valence-corrected chi connectivity index (χ1v) is 39.7. The van der Waals surface area contributed by atoms with Gasteiger partial charge in [0.05, 0.1) is 0 Å². The van der Waals surface area contributed by atoms with Crippen molar-refractivity contribution in [1.82, 2.24) is 0 Å². The second-order valence-corrected chi connectivity index (χ2v) is 35.3. The monoisotopic (exact) mass is 1110 g/mol. The molecular weight excluding hydrogens is 985 g/mol. The van der Waals surface area contributed by atoms with E-state index >= 15 is 0 Å². The Bertz CT molecular complexity index is 2200. The van der Waals surface area contributed by atoms with Crippen LogP contribution in [0.4, 0.5) is 0 Å². The summed E-state index contributed by atoms with van der Waals surface area (Å²) in [6.45, 7) is 2.50. The van der Waals surface area contributed by atoms with Gasteiger partial charge in [-0.2, -0.15) is 0 Å². The van der Waals surface area contributed by atoms with Crippen molar-refractivity contribution in [2.24, 2.45) is 153 Å². The molecule has 0 saturated heterocycles. The molecule has 16 rings (SSSR count). The lowest BCUT2D eigenvalue weighted by Crippen LogP contribution is -2.53. The first-order valence-electron chi connectivity index (χ1n) is 39.7. The van der Waals surface area contributed by atoms with E-state index in [4.69, 9.17) is 0 Å². The number of unbranched alkanes of at least 4 members (excludes halogenated alkanes) is 1. The summed E-state index contributed by atoms with van der Waals surface area (Å²) in [6.07, 6.45) is 85.2. The zero-order valence-corrected chi connectivity index (χ0v) is 53.7. The topological polar surface area (TPSA) is 0 Å². The van der Waals surface area contributed by atoms with Gasteiger partial charge in [0, 0.05) is 0 Å². The molecule has 0 nitrogen and oxygen atoms in total. The van der Waals surface area contributed by atoms with E-state index in [2.05, 4.69) is 41.9 Å². The molecule has 15 unspecified atom stereocenters. The molecule has 16 aliphatic rings. The summed E-state index contributed by atoms with van der Waals surface area (Å²) in [6, 6.07) is 0. The molecule has 16 aliphatic carbocycles. The Hall–Kier alpha value is -0.780. The summed E-state index contributed by atoms with van der Waals surface area (Å²) in [4.78, 5) is 0. The lowest BCUT2D eigenvalue weighted by molar-refractivity contribution is -0.113. The van der Waals surface area contributed by atoms with Gasteiger partial charge in [-0.05, 0) is 333 Å². The Morgan fingerprint density at radius 2 is 0.878 bits per heavy atom. The first-order chi connectivity index (χ1) is 40.6. The van der Waals surface area contributed by atoms with Gasteiger partial charge in [0.1, 0.15) is 0 Å². The van der Waals surface area contributed by atoms with Gasteiger partial charge in [-0.25, -0.2) is 0 Å². The van der Waals surface area contributed by atoms with E-state index in [0.29, 0.717) is 0 Å². The molecule has 0 aliphatic heterocycles. The maximum Gasteiger partial charge on any atom is -0.0141 e. The van der Waals surface area contributed by atoms with Crippen molar-refractivity contribution in [3.63, 3.8) is 0 Å². The summed E-state index contributed by atoms with van der Waals surface area (Å²) in [5.74, 6) is 25.6. The lowest BCUT2D eigenvalue weighted by Gasteiger charge is -2.60. The summed E-state index contributed by atoms with van der Waals surface area (Å²) in [7, 11) is 0. The second kappa shape index (κ2) is 24.2. The highest BCUT2D eigenvalue weighted by molar-refractivity contribution is 5.42. The third-order valence-corrected chi connectivity index (χ3v) is 32.9. The average Bonchev–Trinajstić information content (AvgIpc) is 1.48. The van der Waals surface area contributed by atoms with Crippen LogP contribution in [0.25, 0.3) is 0 Å². The van der Waals surface area contributed by atoms with Crippen molar-refractivity contribution >= 4 is 0 Å². The first kappa shape index (κ1) is 56.5. The largest absolute Gasteiger partial charge is 0.0885 e. The van der Waals surface area contributed by atoms with Crippen molar-refractivity contribution in [3.8, 4) is 0 Å². The predicted molar refractivity (Wildman–Crippen MR) is 345 cm³/mol. The van der Waals surface area contributed by atoms with E-state index < -0.39 is 0 Å². The molecule has 0 bridgehead atoms. The van der Waals surface area contributed by atoms with Gasteiger partial charge in [-0.1, -0.05) is 177 Å². The molecule has 0 aromatic rings. The van der Waals surface area contributed by atoms with Crippen LogP contribution >= 0.6 is 0 Å². The molecule has 82 heavy (non-hydrogen) atoms. The summed E-state index contributed by atoms with van der Waals surface area (Å²) < 4.78 is 0. The van der Waals surface area contributed by atoms with Crippen LogP contribution < -0.4 is 0 Å². The molecule has 0 radical (unpaired) electrons. The minimum Gasteiger partial charge on any atom is -0.0885 e. The van der Waals surface area contributed by atoms with Gasteiger partial charge in [-0.3, -0.25) is 0 Å². The third-order valence-electron chi connectivity index (χ3n) is 32.9. The SMILES string of the molecule is CCCCC1CC(C2CC=CCC2)=C2CCCCC2C1C1CCC([C@H]2C3(C4CC=C(C5C6CCCCC6C(C6CCCCC6)C6CCCCC65)CC4)CC23C2CCC(C3C4CCCCC4C(C4CCCCC4)C4CCCCC43)CC2)CC1. The van der Waals surface area contributed by atoms with Crippen LogP contribution in [0.5, 0.6) is 0 Å². The Kier molecular flexibility index (Phi) is 16.7. The van der Waals surface area contributed by atoms with Crippen LogP contribution in [0, 0.1) is 153 Å². The molecule has 0 N–H and O–H groups in total. The van der Waals surface area contributed by atoms with Crippen LogP contribution in [0.2, 0.25) is 0 Å². The highest BCUT2D eigenvalue weighted by Gasteiger charge is 2.93. The van der Waals surface area contributed by atoms with Gasteiger partial charge >= 0.3 is 0 Å². The highest BCUT2D eigenvalue weighted by Crippen LogP contribution is 2.99. The lowest BCUT2D eigenvalue weighted by atomic mass is 9.45. The van der Waals surface area contributed by atoms with Crippen LogP contribution in [0.3, 0.4) is 0 Å². The molecule has 0 heterocycles. The minimum absolute atomic E-state index is 0.752. The standard InChI is InChI=1S/C82H128/c1-2-3-23-61-52-74(54-24-7-4-8-25-54)64-30-13-14-31-65(64)75(61)57-40-42-60(43-41-57)80-81(62-48-44-58(45-49-62)78-70-36-19-15-32-66(70)76(55-26-9-5-10-27-55)67-33-16-20-37-71(67)78)53-82(80,81)63-50-46-59(47-51-63)79-72-38-21-17-34-68(72)77(56-28-11-6-12-29-56)69-35-18-22-39-73(69)79/h4,7,44,54-57,59-63,65-73,75-80H,2-3,5-6,8-43,45-53H2,1H3/t54?,57?,59?,60?,61?,62?,63?,65?,66?,67?,68?,69?,70?,71?,72?,73?,75?,76?,77?,78?,79?,80-,81?,82?/m0/s1. The van der Waals surface area contributed by atoms with Crippen LogP contribution in [-0.4, -0.2) is 0 Å². The zero-order valence-electron chi connectivity index (χ0n) is 53.7. The molecule has 456 valence electrons. The normalized spacial score (nSPS) is 50.8. The molecule has 0 spiro atoms. The minimum atomic E-state index is 0.752. The molecule has 0 amide bonds. The molecule has 16 atom stereocenters. The van der Waals surface area contributed by atoms with Crippen molar-refractivity contribution in [1.29, 1.82) is 0 Å². The number of fused-ring (bicyclic) bond motifs is 6. The Morgan fingerprint density at radius 3 is 1.41 bits per heavy atom. The average molecular weight is 1110 g/mol. The number of rotatable bonds is 12. The Balaban J connectivity index is 0.664. The van der Waals surface area contributed by atoms with Gasteiger partial charge < -0.3 is 0 Å². The fourth-order valence-electron chi connectivity index (χ4n) is 30.3. The van der Waals surface area contributed by atoms with Gasteiger partial charge in [0.15, 0.2) is 0 Å². The summed E-state index contributed by atoms with van der Waals surface area (Å²) >= 11 is 0. The van der Waals surface area contributed by atoms with Crippen LogP contribution in [0.15, 0.2) is 34.9 Å². The molecule has 13 saturated carbocycles. The zero-order chi connectivity index (χ0) is 54.4. The molecule has 0 aromatic carbocycles. The Morgan fingerprint density at radius 1 is 0.390 bits per heavy atom. The van der Waals surface area contributed by atoms with Crippen LogP contribution in [-0.2, 0) is 0 Å². The van der Waals surface area contributed by atoms with Crippen molar-refractivity contribution in [3.05, 3.63) is 34.9 Å². The maximum absolute atomic E-state index is 3.13. The summed E-state index contributed by atoms with van der Waals surface area (Å²) in [5.41, 5.74) is 7.75. The van der Waals surface area contributed by atoms with Crippen molar-refractivity contribution in [2.45, 2.75) is 322 Å². The quantitative estimate of drug-likeness (QED) is 0.171. The summed E-state index contributed by atoms with van der Waals surface area (Å²) in [5, 5.41) is 0. The number of hydrogen-bond acceptors (Lipinski definition) is 0. The molecule has 13 fully saturated rings. The van der Waals surface area contributed by atoms with E-state index in [1.807, 2.05) is 0 Å². The van der Waals surface area contributed by atoms with Crippen LogP contribution in [0.1, 0.15) is 322 Å². The van der Waals surface area contributed by atoms with Gasteiger partial charge in [0.2, 0.25) is 0 Å². The highest BCUT2D eigenvalue weighted by atomic mass is 15.0. The van der Waals surface area contributed by atoms with E-state index in [1.54, 1.807) is 238 Å². The fourth-order valence-corrected chi connectivity index (χ4v) is 30.3. The molecular formula is C82H128. The predicted octanol–water partition coefficient (Wildman–Crippen LogP) is 23.9. The van der Waals surface area contributed by atoms with Crippen molar-refractivity contribution < 1.29 is 0 Å². The third kappa shape index (κ3) is 9.73. The smallest absolute Gasteiger partial charge is 0.0141 e. The van der Waals surface area contributed by atoms with E-state index in [-0.39, 0.29) is 0 Å². The van der Waals surface area contributed by atoms with Crippen molar-refractivity contribution in [2.75, 3.05) is 0 Å². The fraction of sp³-hybridized carbons (Fsp3) is 0.927. The Labute approximate surface area is 506 Å². The molecule has 0 heteroatoms. The maximum atomic E-state index is 3.13. The van der Waals surface area contributed by atoms with Gasteiger partial charge in [0.25, 0.3) is 0 Å². The number of hydrogen-bond donors (Lipinski definition) is 0. The van der Waals surface area contributed by atoms with E-state index in [0.717, 1.165) is 153 Å². The molecule has 0 aromatic heterocycles. The second-order valence-electron chi connectivity index (χ2n) is 35.3. The number of allylic oxidation sites excluding steroid dienone is 6. The van der Waals surface area contributed by atoms with E-state index in [9.17, 15) is 0 Å². The van der Waals surface area contributed by atoms with E-state index in [1.165, 1.54) is 77.0 Å². The van der Waals surface area contributed by atoms with Gasteiger partial charge in [-0.15, -0.1) is 0 Å².